The zero-order valence-corrected chi connectivity index (χ0v) is 20.3. The van der Waals surface area contributed by atoms with Gasteiger partial charge in [-0.25, -0.2) is 0 Å². The predicted octanol–water partition coefficient (Wildman–Crippen LogP) is 9.37. The van der Waals surface area contributed by atoms with E-state index in [2.05, 4.69) is 106 Å². The van der Waals surface area contributed by atoms with Crippen molar-refractivity contribution in [1.82, 2.24) is 9.13 Å². The van der Waals surface area contributed by atoms with Crippen molar-refractivity contribution in [3.8, 4) is 11.4 Å². The average molecular weight is 489 g/mol. The van der Waals surface area contributed by atoms with Crippen LogP contribution in [0, 0.1) is 0 Å². The van der Waals surface area contributed by atoms with E-state index in [1.807, 2.05) is 24.3 Å². The van der Waals surface area contributed by atoms with Gasteiger partial charge in [-0.3, -0.25) is 9.13 Å². The van der Waals surface area contributed by atoms with Gasteiger partial charge in [0.2, 0.25) is 11.4 Å². The van der Waals surface area contributed by atoms with Gasteiger partial charge in [0.1, 0.15) is 11.2 Å². The Morgan fingerprint density at radius 1 is 0.395 bits per heavy atom. The maximum Gasteiger partial charge on any atom is 0.213 e. The average Bonchev–Trinajstić information content (AvgIpc) is 3.69. The summed E-state index contributed by atoms with van der Waals surface area (Å²) in [5, 5.41) is 6.93. The van der Waals surface area contributed by atoms with Crippen LogP contribution in [0.25, 0.3) is 77.3 Å². The van der Waals surface area contributed by atoms with Crippen molar-refractivity contribution >= 4 is 65.9 Å². The molecule has 0 atom stereocenters. The van der Waals surface area contributed by atoms with Gasteiger partial charge in [-0.2, -0.15) is 0 Å². The molecule has 38 heavy (non-hydrogen) atoms. The van der Waals surface area contributed by atoms with Crippen LogP contribution in [0.1, 0.15) is 0 Å². The topological polar surface area (TPSA) is 36.1 Å². The molecule has 4 aromatic heterocycles. The third-order valence-electron chi connectivity index (χ3n) is 7.73. The molecule has 178 valence electrons. The molecule has 0 aliphatic carbocycles. The molecule has 0 aliphatic heterocycles. The smallest absolute Gasteiger partial charge is 0.213 e. The summed E-state index contributed by atoms with van der Waals surface area (Å²) >= 11 is 0. The molecule has 4 heterocycles. The summed E-state index contributed by atoms with van der Waals surface area (Å²) in [5.74, 6) is 0. The minimum Gasteiger partial charge on any atom is -0.439 e. The Kier molecular flexibility index (Phi) is 3.76. The number of rotatable bonds is 2. The fraction of sp³-hybridized carbons (Fsp3) is 0. The lowest BCUT2D eigenvalue weighted by Crippen LogP contribution is -1.98. The number of fused-ring (bicyclic) bond motifs is 10. The van der Waals surface area contributed by atoms with Crippen molar-refractivity contribution in [3.05, 3.63) is 121 Å². The highest BCUT2D eigenvalue weighted by Gasteiger charge is 2.21. The van der Waals surface area contributed by atoms with Crippen LogP contribution in [0.4, 0.5) is 0 Å². The molecule has 0 fully saturated rings. The molecule has 0 saturated carbocycles. The third kappa shape index (κ3) is 2.49. The van der Waals surface area contributed by atoms with Crippen LogP contribution in [0.5, 0.6) is 0 Å². The van der Waals surface area contributed by atoms with Crippen LogP contribution in [0.3, 0.4) is 0 Å². The van der Waals surface area contributed by atoms with Crippen LogP contribution in [-0.4, -0.2) is 9.13 Å². The normalized spacial score (nSPS) is 12.2. The fourth-order valence-electron chi connectivity index (χ4n) is 6.16. The maximum absolute atomic E-state index is 6.47. The molecule has 0 amide bonds. The molecular formula is C34H20N2O2. The predicted molar refractivity (Wildman–Crippen MR) is 155 cm³/mol. The van der Waals surface area contributed by atoms with Gasteiger partial charge in [0.05, 0.1) is 33.2 Å². The monoisotopic (exact) mass is 488 g/mol. The highest BCUT2D eigenvalue weighted by molar-refractivity contribution is 6.21. The summed E-state index contributed by atoms with van der Waals surface area (Å²) in [5.41, 5.74) is 7.82. The van der Waals surface area contributed by atoms with Gasteiger partial charge >= 0.3 is 0 Å². The van der Waals surface area contributed by atoms with Gasteiger partial charge in [-0.05, 0) is 42.5 Å². The zero-order chi connectivity index (χ0) is 24.8. The first-order chi connectivity index (χ1) is 18.9. The molecule has 9 aromatic rings. The number of hydrogen-bond acceptors (Lipinski definition) is 2. The van der Waals surface area contributed by atoms with Crippen molar-refractivity contribution in [3.63, 3.8) is 0 Å². The van der Waals surface area contributed by atoms with Crippen molar-refractivity contribution in [2.24, 2.45) is 0 Å². The van der Waals surface area contributed by atoms with Crippen LogP contribution >= 0.6 is 0 Å². The lowest BCUT2D eigenvalue weighted by molar-refractivity contribution is 0.644. The summed E-state index contributed by atoms with van der Waals surface area (Å²) in [6.45, 7) is 0. The van der Waals surface area contributed by atoms with Gasteiger partial charge in [0, 0.05) is 21.5 Å². The van der Waals surface area contributed by atoms with E-state index in [0.29, 0.717) is 0 Å². The Morgan fingerprint density at radius 3 is 1.32 bits per heavy atom. The molecule has 4 heteroatoms. The van der Waals surface area contributed by atoms with E-state index in [-0.39, 0.29) is 0 Å². The van der Waals surface area contributed by atoms with Crippen molar-refractivity contribution < 1.29 is 8.83 Å². The van der Waals surface area contributed by atoms with E-state index < -0.39 is 0 Å². The van der Waals surface area contributed by atoms with Crippen molar-refractivity contribution in [2.75, 3.05) is 0 Å². The minimum absolute atomic E-state index is 0.857. The van der Waals surface area contributed by atoms with Crippen LogP contribution < -0.4 is 0 Å². The largest absolute Gasteiger partial charge is 0.439 e. The second-order valence-electron chi connectivity index (χ2n) is 9.78. The molecule has 0 radical (unpaired) electrons. The van der Waals surface area contributed by atoms with Crippen molar-refractivity contribution in [2.45, 2.75) is 0 Å². The Morgan fingerprint density at radius 2 is 0.816 bits per heavy atom. The zero-order valence-electron chi connectivity index (χ0n) is 20.3. The number of para-hydroxylation sites is 4. The standard InChI is InChI=1S/C34H20N2O2/c1-5-16-27-23(12-1)31-25-14-3-7-18-29(25)37-33(31)35(27)21-10-9-11-22(20-21)36-28-17-6-2-13-24(28)32-26-15-4-8-19-30(26)38-34(32)36/h1-20H. The van der Waals surface area contributed by atoms with E-state index in [1.54, 1.807) is 0 Å². The number of nitrogens with zero attached hydrogens (tertiary/aromatic N) is 2. The fourth-order valence-corrected chi connectivity index (χ4v) is 6.16. The highest BCUT2D eigenvalue weighted by atomic mass is 16.3. The first-order valence-electron chi connectivity index (χ1n) is 12.8. The third-order valence-corrected chi connectivity index (χ3v) is 7.73. The maximum atomic E-state index is 6.47. The highest BCUT2D eigenvalue weighted by Crippen LogP contribution is 2.41. The number of hydrogen-bond donors (Lipinski definition) is 0. The Labute approximate surface area is 216 Å². The lowest BCUT2D eigenvalue weighted by atomic mass is 10.1. The van der Waals surface area contributed by atoms with Gasteiger partial charge in [0.15, 0.2) is 0 Å². The molecule has 0 saturated heterocycles. The number of benzene rings is 5. The van der Waals surface area contributed by atoms with E-state index in [9.17, 15) is 0 Å². The van der Waals surface area contributed by atoms with Gasteiger partial charge in [-0.15, -0.1) is 0 Å². The molecule has 9 rings (SSSR count). The van der Waals surface area contributed by atoms with Gasteiger partial charge in [-0.1, -0.05) is 78.9 Å². The lowest BCUT2D eigenvalue weighted by Gasteiger charge is -2.11. The van der Waals surface area contributed by atoms with E-state index in [4.69, 9.17) is 8.83 Å². The Balaban J connectivity index is 1.37. The Bertz CT molecular complexity index is 2200. The number of aromatic nitrogens is 2. The van der Waals surface area contributed by atoms with Crippen LogP contribution in [0.2, 0.25) is 0 Å². The van der Waals surface area contributed by atoms with Gasteiger partial charge < -0.3 is 8.83 Å². The van der Waals surface area contributed by atoms with Crippen LogP contribution in [-0.2, 0) is 0 Å². The summed E-state index contributed by atoms with van der Waals surface area (Å²) in [7, 11) is 0. The number of furan rings is 2. The first-order valence-corrected chi connectivity index (χ1v) is 12.8. The summed E-state index contributed by atoms with van der Waals surface area (Å²) in [4.78, 5) is 0. The molecule has 0 unspecified atom stereocenters. The molecule has 5 aromatic carbocycles. The van der Waals surface area contributed by atoms with E-state index in [1.165, 1.54) is 10.8 Å². The first kappa shape index (κ1) is 19.9. The molecule has 4 nitrogen and oxygen atoms in total. The summed E-state index contributed by atoms with van der Waals surface area (Å²) in [6.07, 6.45) is 0. The molecule has 0 N–H and O–H groups in total. The molecule has 0 spiro atoms. The quantitative estimate of drug-likeness (QED) is 0.243. The summed E-state index contributed by atoms with van der Waals surface area (Å²) in [6, 6.07) is 42.2. The van der Waals surface area contributed by atoms with E-state index in [0.717, 1.165) is 66.5 Å². The minimum atomic E-state index is 0.857. The van der Waals surface area contributed by atoms with Gasteiger partial charge in [0.25, 0.3) is 0 Å². The Hall–Kier alpha value is -5.22. The molecule has 0 aliphatic rings. The molecule has 0 bridgehead atoms. The summed E-state index contributed by atoms with van der Waals surface area (Å²) < 4.78 is 17.4. The molecular weight excluding hydrogens is 468 g/mol. The second kappa shape index (κ2) is 7.17. The second-order valence-corrected chi connectivity index (χ2v) is 9.78. The van der Waals surface area contributed by atoms with Crippen molar-refractivity contribution in [1.29, 1.82) is 0 Å². The van der Waals surface area contributed by atoms with E-state index >= 15 is 0 Å². The SMILES string of the molecule is c1cc(-n2c3ccccc3c3c4ccccc4oc32)cc(-n2c3ccccc3c3c4ccccc4oc32)c1. The van der Waals surface area contributed by atoms with Crippen LogP contribution in [0.15, 0.2) is 130 Å².